The minimum Gasteiger partial charge on any atom is -0.298 e. The third kappa shape index (κ3) is 2.23. The largest absolute Gasteiger partial charge is 0.416 e. The first-order valence-electron chi connectivity index (χ1n) is 3.37. The van der Waals surface area contributed by atoms with Crippen LogP contribution in [0.25, 0.3) is 0 Å². The van der Waals surface area contributed by atoms with Crippen LogP contribution in [0.15, 0.2) is 12.1 Å². The van der Waals surface area contributed by atoms with Gasteiger partial charge in [0.15, 0.2) is 6.29 Å². The second-order valence-corrected chi connectivity index (χ2v) is 3.64. The van der Waals surface area contributed by atoms with E-state index in [0.717, 1.165) is 0 Å². The third-order valence-corrected chi connectivity index (χ3v) is 2.30. The number of alkyl halides is 3. The van der Waals surface area contributed by atoms with E-state index in [-0.39, 0.29) is 9.86 Å². The Labute approximate surface area is 90.2 Å². The molecule has 0 saturated heterocycles. The molecule has 76 valence electrons. The zero-order chi connectivity index (χ0) is 10.9. The molecule has 6 heteroatoms. The van der Waals surface area contributed by atoms with Crippen molar-refractivity contribution in [2.45, 2.75) is 6.18 Å². The van der Waals surface area contributed by atoms with E-state index >= 15 is 0 Å². The summed E-state index contributed by atoms with van der Waals surface area (Å²) >= 11 is 1.41. The number of benzene rings is 1. The van der Waals surface area contributed by atoms with E-state index in [4.69, 9.17) is 0 Å². The number of rotatable bonds is 1. The van der Waals surface area contributed by atoms with Crippen molar-refractivity contribution < 1.29 is 22.4 Å². The molecular weight excluding hydrogens is 315 g/mol. The molecule has 0 saturated carbocycles. The summed E-state index contributed by atoms with van der Waals surface area (Å²) in [6.07, 6.45) is -4.50. The summed E-state index contributed by atoms with van der Waals surface area (Å²) < 4.78 is 49.3. The van der Waals surface area contributed by atoms with Crippen LogP contribution in [0, 0.1) is 9.39 Å². The molecule has 1 rings (SSSR count). The molecule has 0 aliphatic rings. The third-order valence-electron chi connectivity index (χ3n) is 1.51. The second kappa shape index (κ2) is 3.84. The summed E-state index contributed by atoms with van der Waals surface area (Å²) in [5, 5.41) is 0. The minimum atomic E-state index is -4.56. The molecule has 0 fully saturated rings. The van der Waals surface area contributed by atoms with Gasteiger partial charge in [-0.3, -0.25) is 4.79 Å². The van der Waals surface area contributed by atoms with Gasteiger partial charge in [-0.15, -0.1) is 0 Å². The number of hydrogen-bond donors (Lipinski definition) is 0. The Kier molecular flexibility index (Phi) is 3.13. The van der Waals surface area contributed by atoms with E-state index in [9.17, 15) is 22.4 Å². The first-order chi connectivity index (χ1) is 6.36. The van der Waals surface area contributed by atoms with E-state index in [1.165, 1.54) is 22.6 Å². The fraction of sp³-hybridized carbons (Fsp3) is 0.125. The Morgan fingerprint density at radius 3 is 2.29 bits per heavy atom. The Hall–Kier alpha value is -0.660. The molecule has 0 aliphatic carbocycles. The molecular formula is C8H3F4IO. The van der Waals surface area contributed by atoms with Crippen LogP contribution in [-0.2, 0) is 6.18 Å². The predicted octanol–water partition coefficient (Wildman–Crippen LogP) is 3.26. The lowest BCUT2D eigenvalue weighted by molar-refractivity contribution is -0.137. The summed E-state index contributed by atoms with van der Waals surface area (Å²) in [6.45, 7) is 0. The molecule has 1 aromatic rings. The molecule has 0 aromatic heterocycles. The fourth-order valence-corrected chi connectivity index (χ4v) is 1.51. The van der Waals surface area contributed by atoms with Crippen LogP contribution in [-0.4, -0.2) is 6.29 Å². The van der Waals surface area contributed by atoms with Crippen LogP contribution in [0.4, 0.5) is 17.6 Å². The van der Waals surface area contributed by atoms with Crippen LogP contribution < -0.4 is 0 Å². The highest BCUT2D eigenvalue weighted by molar-refractivity contribution is 14.1. The lowest BCUT2D eigenvalue weighted by Gasteiger charge is -2.08. The molecule has 0 spiro atoms. The molecule has 0 heterocycles. The highest BCUT2D eigenvalue weighted by atomic mass is 127. The van der Waals surface area contributed by atoms with E-state index < -0.39 is 23.1 Å². The van der Waals surface area contributed by atoms with Crippen molar-refractivity contribution in [2.75, 3.05) is 0 Å². The monoisotopic (exact) mass is 318 g/mol. The van der Waals surface area contributed by atoms with Crippen LogP contribution in [0.3, 0.4) is 0 Å². The van der Waals surface area contributed by atoms with Crippen LogP contribution >= 0.6 is 22.6 Å². The molecule has 0 aliphatic heterocycles. The molecule has 0 unspecified atom stereocenters. The topological polar surface area (TPSA) is 17.1 Å². The van der Waals surface area contributed by atoms with E-state index in [1.54, 1.807) is 0 Å². The average molecular weight is 318 g/mol. The molecule has 0 bridgehead atoms. The lowest BCUT2D eigenvalue weighted by atomic mass is 10.1. The molecule has 0 radical (unpaired) electrons. The Morgan fingerprint density at radius 2 is 1.86 bits per heavy atom. The maximum Gasteiger partial charge on any atom is 0.416 e. The summed E-state index contributed by atoms with van der Waals surface area (Å²) in [5.74, 6) is -0.923. The van der Waals surface area contributed by atoms with E-state index in [0.29, 0.717) is 12.1 Å². The number of hydrogen-bond acceptors (Lipinski definition) is 1. The number of halogens is 5. The predicted molar refractivity (Wildman–Crippen MR) is 49.5 cm³/mol. The smallest absolute Gasteiger partial charge is 0.298 e. The zero-order valence-corrected chi connectivity index (χ0v) is 8.69. The summed E-state index contributed by atoms with van der Waals surface area (Å²) in [7, 11) is 0. The number of aldehydes is 1. The maximum absolute atomic E-state index is 13.0. The van der Waals surface area contributed by atoms with Crippen molar-refractivity contribution in [3.63, 3.8) is 0 Å². The van der Waals surface area contributed by atoms with E-state index in [1.807, 2.05) is 0 Å². The first-order valence-corrected chi connectivity index (χ1v) is 4.45. The van der Waals surface area contributed by atoms with Gasteiger partial charge < -0.3 is 0 Å². The minimum absolute atomic E-state index is 0.0622. The van der Waals surface area contributed by atoms with Crippen LogP contribution in [0.2, 0.25) is 0 Å². The summed E-state index contributed by atoms with van der Waals surface area (Å²) in [6, 6.07) is 1.15. The summed E-state index contributed by atoms with van der Waals surface area (Å²) in [4.78, 5) is 10.2. The van der Waals surface area contributed by atoms with Gasteiger partial charge in [-0.25, -0.2) is 4.39 Å². The zero-order valence-electron chi connectivity index (χ0n) is 6.53. The quantitative estimate of drug-likeness (QED) is 0.441. The van der Waals surface area contributed by atoms with Gasteiger partial charge >= 0.3 is 6.18 Å². The Morgan fingerprint density at radius 1 is 1.29 bits per heavy atom. The average Bonchev–Trinajstić information content (AvgIpc) is 2.07. The number of carbonyl (C=O) groups is 1. The lowest BCUT2D eigenvalue weighted by Crippen LogP contribution is -2.07. The highest BCUT2D eigenvalue weighted by Crippen LogP contribution is 2.31. The van der Waals surface area contributed by atoms with Crippen LogP contribution in [0.5, 0.6) is 0 Å². The Bertz CT molecular complexity index is 372. The Balaban J connectivity index is 3.37. The second-order valence-electron chi connectivity index (χ2n) is 2.48. The van der Waals surface area contributed by atoms with Gasteiger partial charge in [-0.1, -0.05) is 0 Å². The molecule has 0 N–H and O–H groups in total. The SMILES string of the molecule is O=Cc1cc(C(F)(F)F)cc(I)c1F. The van der Waals surface area contributed by atoms with Crippen molar-refractivity contribution in [3.8, 4) is 0 Å². The normalized spacial score (nSPS) is 11.5. The fourth-order valence-electron chi connectivity index (χ4n) is 0.860. The maximum atomic E-state index is 13.0. The molecule has 0 amide bonds. The van der Waals surface area contributed by atoms with Crippen molar-refractivity contribution in [1.29, 1.82) is 0 Å². The summed E-state index contributed by atoms with van der Waals surface area (Å²) in [5.41, 5.74) is -1.60. The van der Waals surface area contributed by atoms with Crippen molar-refractivity contribution in [1.82, 2.24) is 0 Å². The van der Waals surface area contributed by atoms with Gasteiger partial charge in [0.2, 0.25) is 0 Å². The molecule has 1 nitrogen and oxygen atoms in total. The van der Waals surface area contributed by atoms with Gasteiger partial charge in [0.25, 0.3) is 0 Å². The van der Waals surface area contributed by atoms with Gasteiger partial charge in [0.1, 0.15) is 5.82 Å². The standard InChI is InChI=1S/C8H3F4IO/c9-7-4(3-14)1-5(2-6(7)13)8(10,11)12/h1-3H. The van der Waals surface area contributed by atoms with Gasteiger partial charge in [-0.2, -0.15) is 13.2 Å². The van der Waals surface area contributed by atoms with Crippen molar-refractivity contribution >= 4 is 28.9 Å². The van der Waals surface area contributed by atoms with Gasteiger partial charge in [-0.05, 0) is 34.7 Å². The molecule has 14 heavy (non-hydrogen) atoms. The number of carbonyl (C=O) groups excluding carboxylic acids is 1. The molecule has 1 aromatic carbocycles. The van der Waals surface area contributed by atoms with Gasteiger partial charge in [0, 0.05) is 0 Å². The first kappa shape index (κ1) is 11.4. The van der Waals surface area contributed by atoms with Crippen molar-refractivity contribution in [3.05, 3.63) is 32.6 Å². The molecule has 0 atom stereocenters. The van der Waals surface area contributed by atoms with Gasteiger partial charge in [0.05, 0.1) is 14.7 Å². The highest BCUT2D eigenvalue weighted by Gasteiger charge is 2.32. The van der Waals surface area contributed by atoms with Crippen molar-refractivity contribution in [2.24, 2.45) is 0 Å². The van der Waals surface area contributed by atoms with E-state index in [2.05, 4.69) is 0 Å². The van der Waals surface area contributed by atoms with Crippen LogP contribution in [0.1, 0.15) is 15.9 Å².